The minimum Gasteiger partial charge on any atom is -0.456 e. The topological polar surface area (TPSA) is 178 Å². The predicted octanol–water partition coefficient (Wildman–Crippen LogP) is 9.88. The number of unbranched alkanes of at least 4 members (excludes halogenated alkanes) is 24. The third-order valence-corrected chi connectivity index (χ3v) is 10.9. The first-order valence-electron chi connectivity index (χ1n) is 22.2. The summed E-state index contributed by atoms with van der Waals surface area (Å²) in [5.74, 6) is -1.64. The Labute approximate surface area is 333 Å². The molecule has 0 aromatic carbocycles. The van der Waals surface area contributed by atoms with Crippen molar-refractivity contribution in [1.29, 1.82) is 0 Å². The Morgan fingerprint density at radius 1 is 0.545 bits per heavy atom. The van der Waals surface area contributed by atoms with E-state index in [1.54, 1.807) is 0 Å². The Morgan fingerprint density at radius 3 is 1.25 bits per heavy atom. The van der Waals surface area contributed by atoms with E-state index in [2.05, 4.69) is 26.1 Å². The second-order valence-corrected chi connectivity index (χ2v) is 16.8. The molecule has 1 rings (SSSR count). The molecule has 0 bridgehead atoms. The van der Waals surface area contributed by atoms with Crippen LogP contribution in [0.3, 0.4) is 0 Å². The van der Waals surface area contributed by atoms with Crippen LogP contribution in [0.1, 0.15) is 213 Å². The van der Waals surface area contributed by atoms with E-state index in [1.165, 1.54) is 77.0 Å². The zero-order chi connectivity index (χ0) is 40.6. The van der Waals surface area contributed by atoms with Crippen molar-refractivity contribution in [1.82, 2.24) is 5.32 Å². The number of aliphatic hydroxyl groups is 1. The van der Waals surface area contributed by atoms with E-state index < -0.39 is 62.9 Å². The number of amides is 1. The predicted molar refractivity (Wildman–Crippen MR) is 216 cm³/mol. The van der Waals surface area contributed by atoms with Crippen LogP contribution in [0.15, 0.2) is 0 Å². The van der Waals surface area contributed by atoms with E-state index in [0.29, 0.717) is 19.3 Å². The van der Waals surface area contributed by atoms with Gasteiger partial charge in [-0.15, -0.1) is 0 Å². The maximum atomic E-state index is 13.3. The number of ether oxygens (including phenoxy) is 3. The number of carbonyl (C=O) groups excluding carboxylic acids is 3. The normalized spacial score (nSPS) is 20.0. The third-order valence-electron chi connectivity index (χ3n) is 10.4. The van der Waals surface area contributed by atoms with Crippen molar-refractivity contribution in [3.8, 4) is 0 Å². The SMILES string of the molecule is CCCCCCCCCCCC(=O)N[C@H]1[C@@H](OP(=O)(O)O)O[C@H](CO)[C@@H](OC(=O)CCCCCCCCCCC)[C@@H]1OC(=O)CCCCCCCCCCC. The smallest absolute Gasteiger partial charge is 0.456 e. The number of rotatable bonds is 36. The molecule has 5 atom stereocenters. The highest BCUT2D eigenvalue weighted by Gasteiger charge is 2.52. The van der Waals surface area contributed by atoms with Crippen LogP contribution in [0.2, 0.25) is 0 Å². The van der Waals surface area contributed by atoms with Gasteiger partial charge >= 0.3 is 19.8 Å². The van der Waals surface area contributed by atoms with E-state index in [-0.39, 0.29) is 19.3 Å². The molecule has 1 fully saturated rings. The number of hydrogen-bond acceptors (Lipinski definition) is 9. The quantitative estimate of drug-likeness (QED) is 0.0269. The summed E-state index contributed by atoms with van der Waals surface area (Å²) in [6.45, 7) is 5.85. The molecule has 12 nitrogen and oxygen atoms in total. The highest BCUT2D eigenvalue weighted by Crippen LogP contribution is 2.41. The summed E-state index contributed by atoms with van der Waals surface area (Å²) in [6.07, 6.45) is 23.1. The van der Waals surface area contributed by atoms with Gasteiger partial charge in [0.05, 0.1) is 6.61 Å². The fourth-order valence-electron chi connectivity index (χ4n) is 7.15. The molecule has 0 aromatic heterocycles. The lowest BCUT2D eigenvalue weighted by Crippen LogP contribution is -2.66. The summed E-state index contributed by atoms with van der Waals surface area (Å²) in [4.78, 5) is 59.3. The van der Waals surface area contributed by atoms with Crippen molar-refractivity contribution in [2.45, 2.75) is 244 Å². The number of esters is 2. The van der Waals surface area contributed by atoms with Crippen LogP contribution in [0.5, 0.6) is 0 Å². The van der Waals surface area contributed by atoms with Gasteiger partial charge in [-0.2, -0.15) is 0 Å². The van der Waals surface area contributed by atoms with Crippen molar-refractivity contribution in [2.24, 2.45) is 0 Å². The van der Waals surface area contributed by atoms with Crippen molar-refractivity contribution in [3.05, 3.63) is 0 Å². The van der Waals surface area contributed by atoms with Crippen LogP contribution in [-0.4, -0.2) is 70.0 Å². The molecule has 0 aliphatic carbocycles. The Bertz CT molecular complexity index is 1030. The van der Waals surface area contributed by atoms with Gasteiger partial charge in [0.25, 0.3) is 0 Å². The molecule has 0 spiro atoms. The number of hydrogen-bond donors (Lipinski definition) is 4. The van der Waals surface area contributed by atoms with Gasteiger partial charge in [0.2, 0.25) is 5.91 Å². The lowest BCUT2D eigenvalue weighted by atomic mass is 9.95. The van der Waals surface area contributed by atoms with Crippen molar-refractivity contribution in [2.75, 3.05) is 6.61 Å². The molecule has 0 saturated carbocycles. The molecule has 0 unspecified atom stereocenters. The molecule has 55 heavy (non-hydrogen) atoms. The molecule has 0 radical (unpaired) electrons. The van der Waals surface area contributed by atoms with Gasteiger partial charge in [-0.1, -0.05) is 175 Å². The van der Waals surface area contributed by atoms with Gasteiger partial charge in [-0.05, 0) is 19.3 Å². The lowest BCUT2D eigenvalue weighted by molar-refractivity contribution is -0.259. The number of nitrogens with one attached hydrogen (secondary N) is 1. The first-order valence-corrected chi connectivity index (χ1v) is 23.8. The molecule has 1 aliphatic rings. The zero-order valence-electron chi connectivity index (χ0n) is 34.9. The Hall–Kier alpha value is -1.56. The number of phosphoric ester groups is 1. The van der Waals surface area contributed by atoms with Gasteiger partial charge in [0.15, 0.2) is 18.5 Å². The van der Waals surface area contributed by atoms with E-state index in [4.69, 9.17) is 18.7 Å². The number of phosphoric acid groups is 1. The summed E-state index contributed by atoms with van der Waals surface area (Å²) in [6, 6.07) is -1.42. The van der Waals surface area contributed by atoms with E-state index >= 15 is 0 Å². The highest BCUT2D eigenvalue weighted by atomic mass is 31.2. The van der Waals surface area contributed by atoms with E-state index in [0.717, 1.165) is 77.0 Å². The van der Waals surface area contributed by atoms with Gasteiger partial charge in [0.1, 0.15) is 12.1 Å². The molecular weight excluding hydrogens is 725 g/mol. The summed E-state index contributed by atoms with van der Waals surface area (Å²) >= 11 is 0. The standard InChI is InChI=1S/C42H80NO11P/c1-4-7-10-13-16-19-22-25-28-31-36(45)43-39-41(53-38(47)33-30-27-24-21-18-15-12-9-6-3)40(35(34-44)51-42(39)54-55(48,49)50)52-37(46)32-29-26-23-20-17-14-11-8-5-2/h35,39-42,44H,4-34H2,1-3H3,(H,43,45)(H2,48,49,50)/t35-,39-,40-,41-,42-/m1/s1. The molecule has 1 amide bonds. The van der Waals surface area contributed by atoms with Crippen LogP contribution in [-0.2, 0) is 37.7 Å². The van der Waals surface area contributed by atoms with Crippen LogP contribution in [0, 0.1) is 0 Å². The van der Waals surface area contributed by atoms with E-state index in [9.17, 15) is 33.8 Å². The average Bonchev–Trinajstić information content (AvgIpc) is 3.14. The molecule has 1 saturated heterocycles. The van der Waals surface area contributed by atoms with Crippen molar-refractivity contribution in [3.63, 3.8) is 0 Å². The fourth-order valence-corrected chi connectivity index (χ4v) is 7.60. The first kappa shape index (κ1) is 51.5. The van der Waals surface area contributed by atoms with Gasteiger partial charge < -0.3 is 34.4 Å². The minimum absolute atomic E-state index is 0.0687. The second kappa shape index (κ2) is 33.4. The first-order chi connectivity index (χ1) is 26.6. The summed E-state index contributed by atoms with van der Waals surface area (Å²) in [7, 11) is -5.18. The van der Waals surface area contributed by atoms with Crippen molar-refractivity contribution >= 4 is 25.7 Å². The van der Waals surface area contributed by atoms with Gasteiger partial charge in [0, 0.05) is 19.3 Å². The Morgan fingerprint density at radius 2 is 0.891 bits per heavy atom. The summed E-state index contributed by atoms with van der Waals surface area (Å²) in [5, 5.41) is 13.0. The largest absolute Gasteiger partial charge is 0.472 e. The Balaban J connectivity index is 3.00. The molecule has 1 aliphatic heterocycles. The van der Waals surface area contributed by atoms with E-state index in [1.807, 2.05) is 0 Å². The molecule has 324 valence electrons. The van der Waals surface area contributed by atoms with Gasteiger partial charge in [-0.25, -0.2) is 4.57 Å². The zero-order valence-corrected chi connectivity index (χ0v) is 35.8. The molecule has 0 aromatic rings. The van der Waals surface area contributed by atoms with Gasteiger partial charge in [-0.3, -0.25) is 18.9 Å². The summed E-state index contributed by atoms with van der Waals surface area (Å²) < 4.78 is 34.5. The number of carbonyl (C=O) groups is 3. The molecule has 4 N–H and O–H groups in total. The molecule has 1 heterocycles. The maximum Gasteiger partial charge on any atom is 0.472 e. The molecule has 13 heteroatoms. The molecular formula is C42H80NO11P. The Kier molecular flexibility index (Phi) is 31.3. The third kappa shape index (κ3) is 26.9. The number of aliphatic hydroxyl groups excluding tert-OH is 1. The van der Waals surface area contributed by atoms with Crippen LogP contribution in [0.25, 0.3) is 0 Å². The van der Waals surface area contributed by atoms with Crippen molar-refractivity contribution < 1.29 is 52.6 Å². The van der Waals surface area contributed by atoms with Crippen LogP contribution in [0.4, 0.5) is 0 Å². The second-order valence-electron chi connectivity index (χ2n) is 15.6. The maximum absolute atomic E-state index is 13.3. The minimum atomic E-state index is -5.18. The summed E-state index contributed by atoms with van der Waals surface area (Å²) in [5.41, 5.74) is 0. The fraction of sp³-hybridized carbons (Fsp3) is 0.929. The van der Waals surface area contributed by atoms with Crippen LogP contribution >= 0.6 is 7.82 Å². The van der Waals surface area contributed by atoms with Crippen LogP contribution < -0.4 is 5.32 Å². The lowest BCUT2D eigenvalue weighted by Gasteiger charge is -2.44. The highest BCUT2D eigenvalue weighted by molar-refractivity contribution is 7.46. The average molecular weight is 806 g/mol. The monoisotopic (exact) mass is 806 g/mol.